The number of aliphatic hydroxyl groups excluding tert-OH is 2. The molecule has 0 unspecified atom stereocenters. The van der Waals surface area contributed by atoms with E-state index in [1.54, 1.807) is 0 Å². The Bertz CT molecular complexity index is 1150. The fraction of sp³-hybridized carbons (Fsp3) is 0.172. The molecule has 0 saturated heterocycles. The second-order valence-electron chi connectivity index (χ2n) is 7.92. The summed E-state index contributed by atoms with van der Waals surface area (Å²) in [7, 11) is 0. The fourth-order valence-electron chi connectivity index (χ4n) is 4.39. The molecule has 0 heterocycles. The molecule has 4 nitrogen and oxygen atoms in total. The summed E-state index contributed by atoms with van der Waals surface area (Å²) in [5.41, 5.74) is 3.68. The van der Waals surface area contributed by atoms with Gasteiger partial charge in [0.1, 0.15) is 24.7 Å². The third-order valence-corrected chi connectivity index (χ3v) is 7.08. The summed E-state index contributed by atoms with van der Waals surface area (Å²) < 4.78 is 13.0. The van der Waals surface area contributed by atoms with Crippen LogP contribution in [0.15, 0.2) is 106 Å². The normalized spacial score (nSPS) is 11.3. The Morgan fingerprint density at radius 3 is 1.29 bits per heavy atom. The highest BCUT2D eigenvalue weighted by Gasteiger charge is 2.39. The summed E-state index contributed by atoms with van der Waals surface area (Å²) in [6, 6.07) is 33.0. The molecule has 0 amide bonds. The van der Waals surface area contributed by atoms with Crippen molar-refractivity contribution in [2.24, 2.45) is 0 Å². The third-order valence-electron chi connectivity index (χ3n) is 5.84. The molecule has 0 saturated carbocycles. The zero-order chi connectivity index (χ0) is 24.7. The number of aliphatic hydroxyl groups is 2. The Labute approximate surface area is 222 Å². The van der Waals surface area contributed by atoms with Crippen molar-refractivity contribution in [1.29, 1.82) is 0 Å². The first-order chi connectivity index (χ1) is 17.1. The second-order valence-corrected chi connectivity index (χ2v) is 9.63. The Morgan fingerprint density at radius 1 is 0.543 bits per heavy atom. The maximum Gasteiger partial charge on any atom is 0.133 e. The Kier molecular flexibility index (Phi) is 8.63. The van der Waals surface area contributed by atoms with Crippen LogP contribution in [-0.4, -0.2) is 36.6 Å². The van der Waals surface area contributed by atoms with E-state index in [4.69, 9.17) is 9.47 Å². The van der Waals surface area contributed by atoms with E-state index in [1.165, 1.54) is 0 Å². The summed E-state index contributed by atoms with van der Waals surface area (Å²) >= 11 is 7.36. The summed E-state index contributed by atoms with van der Waals surface area (Å²) in [6.45, 7) is 0.348. The maximum absolute atomic E-state index is 9.18. The van der Waals surface area contributed by atoms with Crippen LogP contribution in [0.3, 0.4) is 0 Å². The Balaban J connectivity index is 2.00. The van der Waals surface area contributed by atoms with Crippen LogP contribution in [0, 0.1) is 0 Å². The van der Waals surface area contributed by atoms with Gasteiger partial charge in [0.2, 0.25) is 0 Å². The van der Waals surface area contributed by atoms with Crippen LogP contribution in [0.1, 0.15) is 22.3 Å². The summed E-state index contributed by atoms with van der Waals surface area (Å²) in [6.07, 6.45) is 0. The zero-order valence-corrected chi connectivity index (χ0v) is 22.2. The minimum Gasteiger partial charge on any atom is -0.490 e. The van der Waals surface area contributed by atoms with Crippen molar-refractivity contribution in [1.82, 2.24) is 0 Å². The molecule has 0 bridgehead atoms. The van der Waals surface area contributed by atoms with Gasteiger partial charge in [0.25, 0.3) is 0 Å². The van der Waals surface area contributed by atoms with Crippen LogP contribution in [0.25, 0.3) is 0 Å². The highest BCUT2D eigenvalue weighted by molar-refractivity contribution is 9.10. The van der Waals surface area contributed by atoms with Gasteiger partial charge >= 0.3 is 0 Å². The van der Waals surface area contributed by atoms with Crippen molar-refractivity contribution >= 4 is 31.9 Å². The van der Waals surface area contributed by atoms with Gasteiger partial charge in [-0.05, 0) is 78.4 Å². The highest BCUT2D eigenvalue weighted by atomic mass is 79.9. The van der Waals surface area contributed by atoms with E-state index in [0.29, 0.717) is 11.5 Å². The lowest BCUT2D eigenvalue weighted by atomic mass is 9.65. The van der Waals surface area contributed by atoms with Crippen LogP contribution in [0.4, 0.5) is 0 Å². The van der Waals surface area contributed by atoms with Crippen LogP contribution < -0.4 is 9.47 Å². The summed E-state index contributed by atoms with van der Waals surface area (Å²) in [5, 5.41) is 18.4. The van der Waals surface area contributed by atoms with Gasteiger partial charge in [-0.3, -0.25) is 0 Å². The molecule has 0 fully saturated rings. The number of rotatable bonds is 10. The van der Waals surface area contributed by atoms with Gasteiger partial charge in [-0.15, -0.1) is 0 Å². The van der Waals surface area contributed by atoms with Crippen LogP contribution in [0.5, 0.6) is 11.5 Å². The molecule has 4 rings (SSSR count). The van der Waals surface area contributed by atoms with E-state index in [0.717, 1.165) is 31.2 Å². The molecule has 0 radical (unpaired) electrons. The monoisotopic (exact) mass is 596 g/mol. The van der Waals surface area contributed by atoms with Crippen molar-refractivity contribution in [3.05, 3.63) is 128 Å². The van der Waals surface area contributed by atoms with Gasteiger partial charge in [-0.1, -0.05) is 72.8 Å². The first-order valence-electron chi connectivity index (χ1n) is 11.3. The Hall–Kier alpha value is -2.64. The molecule has 180 valence electrons. The van der Waals surface area contributed by atoms with Gasteiger partial charge in [0.15, 0.2) is 0 Å². The van der Waals surface area contributed by atoms with E-state index in [9.17, 15) is 10.2 Å². The van der Waals surface area contributed by atoms with E-state index in [1.807, 2.05) is 24.3 Å². The average Bonchev–Trinajstić information content (AvgIpc) is 2.89. The quantitative estimate of drug-likeness (QED) is 0.210. The van der Waals surface area contributed by atoms with Crippen LogP contribution >= 0.6 is 31.9 Å². The molecule has 0 aromatic heterocycles. The molecule has 0 aliphatic rings. The minimum atomic E-state index is -0.640. The lowest BCUT2D eigenvalue weighted by Gasteiger charge is -2.37. The number of ether oxygens (including phenoxy) is 2. The molecule has 0 spiro atoms. The second kappa shape index (κ2) is 11.9. The van der Waals surface area contributed by atoms with Gasteiger partial charge in [0, 0.05) is 0 Å². The first kappa shape index (κ1) is 25.5. The maximum atomic E-state index is 9.18. The molecular weight excluding hydrogens is 572 g/mol. The van der Waals surface area contributed by atoms with E-state index in [-0.39, 0.29) is 26.4 Å². The largest absolute Gasteiger partial charge is 0.490 e. The van der Waals surface area contributed by atoms with E-state index < -0.39 is 5.41 Å². The number of halogens is 2. The van der Waals surface area contributed by atoms with Crippen LogP contribution in [0.2, 0.25) is 0 Å². The standard InChI is InChI=1S/C29H26Br2O4/c30-25-19-23(11-13-27(25)34-17-15-32)29(21-7-3-1-4-8-21,22-9-5-2-6-10-22)24-12-14-28(26(31)20-24)35-18-16-33/h1-14,19-20,32-33H,15-18H2. The van der Waals surface area contributed by atoms with Crippen molar-refractivity contribution < 1.29 is 19.7 Å². The first-order valence-corrected chi connectivity index (χ1v) is 12.9. The van der Waals surface area contributed by atoms with Crippen molar-refractivity contribution in [3.63, 3.8) is 0 Å². The predicted octanol–water partition coefficient (Wildman–Crippen LogP) is 6.34. The number of hydrogen-bond donors (Lipinski definition) is 2. The molecule has 4 aromatic rings. The van der Waals surface area contributed by atoms with Gasteiger partial charge in [0.05, 0.1) is 27.6 Å². The lowest BCUT2D eigenvalue weighted by Crippen LogP contribution is -2.31. The van der Waals surface area contributed by atoms with E-state index in [2.05, 4.69) is 105 Å². The molecular formula is C29H26Br2O4. The minimum absolute atomic E-state index is 0.0507. The van der Waals surface area contributed by atoms with Crippen molar-refractivity contribution in [3.8, 4) is 11.5 Å². The van der Waals surface area contributed by atoms with E-state index >= 15 is 0 Å². The van der Waals surface area contributed by atoms with Crippen molar-refractivity contribution in [2.45, 2.75) is 5.41 Å². The van der Waals surface area contributed by atoms with Gasteiger partial charge in [-0.25, -0.2) is 0 Å². The SMILES string of the molecule is OCCOc1ccc(C(c2ccccc2)(c2ccccc2)c2ccc(OCCO)c(Br)c2)cc1Br. The summed E-state index contributed by atoms with van der Waals surface area (Å²) in [4.78, 5) is 0. The topological polar surface area (TPSA) is 58.9 Å². The summed E-state index contributed by atoms with van der Waals surface area (Å²) in [5.74, 6) is 1.35. The third kappa shape index (κ3) is 5.31. The fourth-order valence-corrected chi connectivity index (χ4v) is 5.38. The molecule has 6 heteroatoms. The van der Waals surface area contributed by atoms with Gasteiger partial charge in [-0.2, -0.15) is 0 Å². The molecule has 0 aliphatic carbocycles. The number of hydrogen-bond acceptors (Lipinski definition) is 4. The molecule has 0 aliphatic heterocycles. The van der Waals surface area contributed by atoms with Gasteiger partial charge < -0.3 is 19.7 Å². The molecule has 2 N–H and O–H groups in total. The highest BCUT2D eigenvalue weighted by Crippen LogP contribution is 2.48. The lowest BCUT2D eigenvalue weighted by molar-refractivity contribution is 0.200. The Morgan fingerprint density at radius 2 is 0.943 bits per heavy atom. The zero-order valence-electron chi connectivity index (χ0n) is 19.0. The molecule has 0 atom stereocenters. The van der Waals surface area contributed by atoms with Crippen LogP contribution in [-0.2, 0) is 5.41 Å². The smallest absolute Gasteiger partial charge is 0.133 e. The molecule has 35 heavy (non-hydrogen) atoms. The van der Waals surface area contributed by atoms with Crippen molar-refractivity contribution in [2.75, 3.05) is 26.4 Å². The number of benzene rings is 4. The average molecular weight is 598 g/mol. The molecule has 4 aromatic carbocycles. The predicted molar refractivity (Wildman–Crippen MR) is 145 cm³/mol.